The van der Waals surface area contributed by atoms with Gasteiger partial charge in [0.25, 0.3) is 5.56 Å². The van der Waals surface area contributed by atoms with Crippen LogP contribution in [0.25, 0.3) is 0 Å². The first-order valence-electron chi connectivity index (χ1n) is 4.56. The minimum absolute atomic E-state index is 0.0266. The van der Waals surface area contributed by atoms with Gasteiger partial charge >= 0.3 is 0 Å². The van der Waals surface area contributed by atoms with E-state index in [1.165, 1.54) is 6.33 Å². The third-order valence-corrected chi connectivity index (χ3v) is 2.25. The first kappa shape index (κ1) is 10.7. The molecule has 2 aromatic rings. The molecule has 0 radical (unpaired) electrons. The summed E-state index contributed by atoms with van der Waals surface area (Å²) in [5, 5.41) is 6.65. The molecule has 0 unspecified atom stereocenters. The van der Waals surface area contributed by atoms with Gasteiger partial charge in [0.1, 0.15) is 5.02 Å². The largest absolute Gasteiger partial charge is 0.361 e. The summed E-state index contributed by atoms with van der Waals surface area (Å²) in [6.45, 7) is 2.20. The van der Waals surface area contributed by atoms with Crippen LogP contribution in [-0.2, 0) is 6.54 Å². The number of aromatic amines is 1. The lowest BCUT2D eigenvalue weighted by Gasteiger charge is -2.03. The number of nitrogens with one attached hydrogen (secondary N) is 2. The summed E-state index contributed by atoms with van der Waals surface area (Å²) in [6, 6.07) is 1.79. The van der Waals surface area contributed by atoms with Gasteiger partial charge in [-0.05, 0) is 6.92 Å². The highest BCUT2D eigenvalue weighted by atomic mass is 35.5. The number of halogens is 1. The van der Waals surface area contributed by atoms with Crippen molar-refractivity contribution in [3.05, 3.63) is 39.2 Å². The molecular formula is C9H9ClN4O2. The molecule has 6 nitrogen and oxygen atoms in total. The minimum Gasteiger partial charge on any atom is -0.361 e. The van der Waals surface area contributed by atoms with E-state index in [9.17, 15) is 4.79 Å². The zero-order valence-corrected chi connectivity index (χ0v) is 9.21. The Morgan fingerprint density at radius 1 is 1.62 bits per heavy atom. The Bertz CT molecular complexity index is 548. The maximum Gasteiger partial charge on any atom is 0.271 e. The van der Waals surface area contributed by atoms with E-state index in [1.807, 2.05) is 6.92 Å². The molecule has 0 amide bonds. The van der Waals surface area contributed by atoms with Crippen LogP contribution in [0.5, 0.6) is 0 Å². The fourth-order valence-corrected chi connectivity index (χ4v) is 1.35. The molecule has 0 aliphatic heterocycles. The molecule has 0 aliphatic carbocycles. The quantitative estimate of drug-likeness (QED) is 0.846. The minimum atomic E-state index is -0.382. The molecule has 7 heteroatoms. The van der Waals surface area contributed by atoms with Crippen molar-refractivity contribution in [2.45, 2.75) is 13.5 Å². The third kappa shape index (κ3) is 2.22. The number of rotatable bonds is 3. The summed E-state index contributed by atoms with van der Waals surface area (Å²) in [7, 11) is 0. The highest BCUT2D eigenvalue weighted by molar-refractivity contribution is 6.32. The standard InChI is InChI=1S/C9H9ClN4O2/c1-5-2-6(16-14-5)3-11-8-7(10)9(15)13-4-12-8/h2,4H,3H2,1H3,(H2,11,12,13,15). The summed E-state index contributed by atoms with van der Waals surface area (Å²) in [6.07, 6.45) is 1.28. The molecule has 16 heavy (non-hydrogen) atoms. The fraction of sp³-hybridized carbons (Fsp3) is 0.222. The summed E-state index contributed by atoms with van der Waals surface area (Å²) < 4.78 is 4.99. The van der Waals surface area contributed by atoms with Gasteiger partial charge in [0.2, 0.25) is 0 Å². The second-order valence-corrected chi connectivity index (χ2v) is 3.56. The topological polar surface area (TPSA) is 83.8 Å². The Hall–Kier alpha value is -1.82. The van der Waals surface area contributed by atoms with Crippen LogP contribution in [0.2, 0.25) is 5.02 Å². The molecular weight excluding hydrogens is 232 g/mol. The molecule has 2 N–H and O–H groups in total. The number of aromatic nitrogens is 3. The zero-order valence-electron chi connectivity index (χ0n) is 8.45. The molecule has 0 aromatic carbocycles. The molecule has 2 heterocycles. The lowest BCUT2D eigenvalue weighted by molar-refractivity contribution is 0.384. The Morgan fingerprint density at radius 3 is 3.12 bits per heavy atom. The number of nitrogens with zero attached hydrogens (tertiary/aromatic N) is 2. The Balaban J connectivity index is 2.10. The van der Waals surface area contributed by atoms with Gasteiger partial charge in [0.05, 0.1) is 18.6 Å². The summed E-state index contributed by atoms with van der Waals surface area (Å²) in [5.74, 6) is 0.968. The molecule has 2 aromatic heterocycles. The maximum atomic E-state index is 11.2. The van der Waals surface area contributed by atoms with Crippen LogP contribution < -0.4 is 10.9 Å². The van der Waals surface area contributed by atoms with E-state index in [4.69, 9.17) is 16.1 Å². The number of aryl methyl sites for hydroxylation is 1. The monoisotopic (exact) mass is 240 g/mol. The van der Waals surface area contributed by atoms with Crippen molar-refractivity contribution in [1.82, 2.24) is 15.1 Å². The molecule has 0 spiro atoms. The van der Waals surface area contributed by atoms with Crippen molar-refractivity contribution >= 4 is 17.4 Å². The van der Waals surface area contributed by atoms with Gasteiger partial charge in [-0.3, -0.25) is 4.79 Å². The first-order chi connectivity index (χ1) is 7.66. The van der Waals surface area contributed by atoms with Crippen LogP contribution in [0.3, 0.4) is 0 Å². The average molecular weight is 241 g/mol. The number of anilines is 1. The SMILES string of the molecule is Cc1cc(CNc2nc[nH]c(=O)c2Cl)on1. The second kappa shape index (κ2) is 4.36. The van der Waals surface area contributed by atoms with Crippen LogP contribution in [0.1, 0.15) is 11.5 Å². The highest BCUT2D eigenvalue weighted by Gasteiger charge is 2.06. The van der Waals surface area contributed by atoms with Gasteiger partial charge in [0.15, 0.2) is 11.6 Å². The Morgan fingerprint density at radius 2 is 2.44 bits per heavy atom. The van der Waals surface area contributed by atoms with Crippen molar-refractivity contribution in [3.8, 4) is 0 Å². The third-order valence-electron chi connectivity index (χ3n) is 1.90. The molecule has 0 fully saturated rings. The van der Waals surface area contributed by atoms with Crippen LogP contribution in [0.15, 0.2) is 21.7 Å². The lowest BCUT2D eigenvalue weighted by Crippen LogP contribution is -2.11. The fourth-order valence-electron chi connectivity index (χ4n) is 1.18. The molecule has 0 aliphatic rings. The first-order valence-corrected chi connectivity index (χ1v) is 4.94. The van der Waals surface area contributed by atoms with Crippen LogP contribution in [0.4, 0.5) is 5.82 Å². The summed E-state index contributed by atoms with van der Waals surface area (Å²) in [4.78, 5) is 17.4. The smallest absolute Gasteiger partial charge is 0.271 e. The predicted octanol–water partition coefficient (Wildman–Crippen LogP) is 1.33. The predicted molar refractivity (Wildman–Crippen MR) is 58.4 cm³/mol. The van der Waals surface area contributed by atoms with E-state index < -0.39 is 0 Å². The van der Waals surface area contributed by atoms with E-state index in [2.05, 4.69) is 20.4 Å². The lowest BCUT2D eigenvalue weighted by atomic mass is 10.4. The van der Waals surface area contributed by atoms with E-state index in [0.717, 1.165) is 5.69 Å². The molecule has 0 saturated heterocycles. The van der Waals surface area contributed by atoms with Gasteiger partial charge in [-0.15, -0.1) is 0 Å². The number of hydrogen-bond acceptors (Lipinski definition) is 5. The normalized spacial score (nSPS) is 10.4. The van der Waals surface area contributed by atoms with Crippen LogP contribution in [0, 0.1) is 6.92 Å². The number of H-pyrrole nitrogens is 1. The van der Waals surface area contributed by atoms with Gasteiger partial charge in [-0.1, -0.05) is 16.8 Å². The maximum absolute atomic E-state index is 11.2. The molecule has 0 bridgehead atoms. The number of hydrogen-bond donors (Lipinski definition) is 2. The Labute approximate surface area is 95.6 Å². The molecule has 2 rings (SSSR count). The van der Waals surface area contributed by atoms with Gasteiger partial charge in [-0.2, -0.15) is 0 Å². The van der Waals surface area contributed by atoms with Crippen molar-refractivity contribution < 1.29 is 4.52 Å². The van der Waals surface area contributed by atoms with Crippen LogP contribution in [-0.4, -0.2) is 15.1 Å². The summed E-state index contributed by atoms with van der Waals surface area (Å²) in [5.41, 5.74) is 0.412. The van der Waals surface area contributed by atoms with Crippen LogP contribution >= 0.6 is 11.6 Å². The van der Waals surface area contributed by atoms with Crippen molar-refractivity contribution in [2.24, 2.45) is 0 Å². The summed E-state index contributed by atoms with van der Waals surface area (Å²) >= 11 is 5.75. The highest BCUT2D eigenvalue weighted by Crippen LogP contribution is 2.13. The van der Waals surface area contributed by atoms with Crippen molar-refractivity contribution in [3.63, 3.8) is 0 Å². The van der Waals surface area contributed by atoms with E-state index in [-0.39, 0.29) is 10.6 Å². The van der Waals surface area contributed by atoms with E-state index in [1.54, 1.807) is 6.07 Å². The molecule has 0 atom stereocenters. The molecule has 84 valence electrons. The Kier molecular flexibility index (Phi) is 2.91. The van der Waals surface area contributed by atoms with E-state index >= 15 is 0 Å². The molecule has 0 saturated carbocycles. The van der Waals surface area contributed by atoms with Crippen molar-refractivity contribution in [1.29, 1.82) is 0 Å². The van der Waals surface area contributed by atoms with Gasteiger partial charge in [-0.25, -0.2) is 4.98 Å². The zero-order chi connectivity index (χ0) is 11.5. The van der Waals surface area contributed by atoms with Crippen molar-refractivity contribution in [2.75, 3.05) is 5.32 Å². The van der Waals surface area contributed by atoms with E-state index in [0.29, 0.717) is 18.1 Å². The van der Waals surface area contributed by atoms with Gasteiger partial charge < -0.3 is 14.8 Å². The average Bonchev–Trinajstić information content (AvgIpc) is 2.67. The second-order valence-electron chi connectivity index (χ2n) is 3.18. The van der Waals surface area contributed by atoms with Gasteiger partial charge in [0, 0.05) is 6.07 Å².